The summed E-state index contributed by atoms with van der Waals surface area (Å²) in [6.45, 7) is 0. The smallest absolute Gasteiger partial charge is 0.320 e. The van der Waals surface area contributed by atoms with E-state index in [1.807, 2.05) is 24.3 Å². The summed E-state index contributed by atoms with van der Waals surface area (Å²) in [6, 6.07) is 10.6. The number of carbonyl (C=O) groups is 2. The van der Waals surface area contributed by atoms with Crippen LogP contribution in [0.4, 0.5) is 5.82 Å². The van der Waals surface area contributed by atoms with Crippen LogP contribution in [0.15, 0.2) is 53.8 Å². The Hall–Kier alpha value is -3.28. The summed E-state index contributed by atoms with van der Waals surface area (Å²) in [4.78, 5) is 35.8. The van der Waals surface area contributed by atoms with E-state index in [1.54, 1.807) is 18.3 Å². The number of para-hydroxylation sites is 1. The highest BCUT2D eigenvalue weighted by Crippen LogP contribution is 2.31. The Bertz CT molecular complexity index is 987. The minimum atomic E-state index is -1.33. The number of rotatable bonds is 2. The van der Waals surface area contributed by atoms with Crippen molar-refractivity contribution < 1.29 is 14.7 Å². The van der Waals surface area contributed by atoms with Crippen LogP contribution in [0.25, 0.3) is 10.9 Å². The molecule has 3 heterocycles. The first-order valence-corrected chi connectivity index (χ1v) is 7.04. The monoisotopic (exact) mass is 305 g/mol. The third-order valence-corrected chi connectivity index (χ3v) is 3.93. The number of Topliss-reactive ketones (excluding diaryl/α,β-unsaturated/α-hetero) is 1. The van der Waals surface area contributed by atoms with Gasteiger partial charge in [0.25, 0.3) is 0 Å². The number of ketones is 1. The van der Waals surface area contributed by atoms with Crippen LogP contribution < -0.4 is 0 Å². The molecule has 0 fully saturated rings. The Morgan fingerprint density at radius 1 is 1.13 bits per heavy atom. The van der Waals surface area contributed by atoms with Gasteiger partial charge in [0.15, 0.2) is 17.5 Å². The van der Waals surface area contributed by atoms with E-state index in [1.165, 1.54) is 6.20 Å². The molecule has 0 spiro atoms. The number of fused-ring (bicyclic) bond motifs is 2. The zero-order valence-corrected chi connectivity index (χ0v) is 11.9. The topological polar surface area (TPSA) is 95.4 Å². The van der Waals surface area contributed by atoms with Crippen molar-refractivity contribution in [1.29, 1.82) is 0 Å². The van der Waals surface area contributed by atoms with Crippen molar-refractivity contribution in [3.05, 3.63) is 59.9 Å². The molecule has 0 saturated carbocycles. The van der Waals surface area contributed by atoms with Gasteiger partial charge < -0.3 is 10.1 Å². The molecular formula is C17H11N3O3. The molecule has 6 heteroatoms. The summed E-state index contributed by atoms with van der Waals surface area (Å²) < 4.78 is 0. The van der Waals surface area contributed by atoms with E-state index >= 15 is 0 Å². The first-order chi connectivity index (χ1) is 11.2. The van der Waals surface area contributed by atoms with Crippen LogP contribution >= 0.6 is 0 Å². The van der Waals surface area contributed by atoms with E-state index < -0.39 is 17.7 Å². The van der Waals surface area contributed by atoms with Crippen LogP contribution in [0, 0.1) is 5.92 Å². The summed E-state index contributed by atoms with van der Waals surface area (Å²) in [5.41, 5.74) is 1.92. The van der Waals surface area contributed by atoms with Gasteiger partial charge in [-0.25, -0.2) is 9.98 Å². The minimum Gasteiger partial charge on any atom is -0.480 e. The van der Waals surface area contributed by atoms with Crippen LogP contribution in [0.2, 0.25) is 0 Å². The van der Waals surface area contributed by atoms with Gasteiger partial charge in [-0.1, -0.05) is 18.2 Å². The largest absolute Gasteiger partial charge is 0.480 e. The van der Waals surface area contributed by atoms with Crippen molar-refractivity contribution in [2.45, 2.75) is 0 Å². The van der Waals surface area contributed by atoms with Gasteiger partial charge in [-0.15, -0.1) is 0 Å². The highest BCUT2D eigenvalue weighted by Gasteiger charge is 2.39. The van der Waals surface area contributed by atoms with Gasteiger partial charge in [-0.05, 0) is 18.2 Å². The molecule has 1 aliphatic heterocycles. The number of H-pyrrole nitrogens is 1. The number of carboxylic acid groups (broad SMARTS) is 1. The van der Waals surface area contributed by atoms with Crippen LogP contribution in [0.3, 0.4) is 0 Å². The third kappa shape index (κ3) is 1.96. The lowest BCUT2D eigenvalue weighted by molar-refractivity contribution is -0.137. The Balaban J connectivity index is 2.00. The Morgan fingerprint density at radius 3 is 2.78 bits per heavy atom. The Labute approximate surface area is 130 Å². The molecule has 0 saturated heterocycles. The number of aliphatic carboxylic acids is 1. The predicted octanol–water partition coefficient (Wildman–Crippen LogP) is 2.58. The van der Waals surface area contributed by atoms with E-state index in [0.717, 1.165) is 10.9 Å². The predicted molar refractivity (Wildman–Crippen MR) is 84.2 cm³/mol. The maximum Gasteiger partial charge on any atom is 0.320 e. The number of aliphatic imine (C=N–C) groups is 1. The van der Waals surface area contributed by atoms with Crippen LogP contribution in [0.1, 0.15) is 15.9 Å². The number of hydrogen-bond acceptors (Lipinski definition) is 4. The van der Waals surface area contributed by atoms with E-state index in [4.69, 9.17) is 0 Å². The van der Waals surface area contributed by atoms with Gasteiger partial charge in [0.1, 0.15) is 0 Å². The summed E-state index contributed by atoms with van der Waals surface area (Å²) >= 11 is 0. The van der Waals surface area contributed by atoms with E-state index in [0.29, 0.717) is 5.56 Å². The summed E-state index contributed by atoms with van der Waals surface area (Å²) in [5.74, 6) is -2.77. The van der Waals surface area contributed by atoms with Gasteiger partial charge in [0.05, 0.1) is 11.3 Å². The maximum atomic E-state index is 12.6. The van der Waals surface area contributed by atoms with Crippen molar-refractivity contribution in [3.63, 3.8) is 0 Å². The summed E-state index contributed by atoms with van der Waals surface area (Å²) in [6.07, 6.45) is 3.21. The highest BCUT2D eigenvalue weighted by molar-refractivity contribution is 6.33. The second-order valence-corrected chi connectivity index (χ2v) is 5.26. The number of aromatic nitrogens is 2. The fraction of sp³-hybridized carbons (Fsp3) is 0.0588. The molecule has 1 unspecified atom stereocenters. The molecule has 23 heavy (non-hydrogen) atoms. The first-order valence-electron chi connectivity index (χ1n) is 7.04. The molecule has 0 aliphatic carbocycles. The Kier molecular flexibility index (Phi) is 2.84. The number of hydrogen-bond donors (Lipinski definition) is 2. The average Bonchev–Trinajstić information content (AvgIpc) is 2.98. The molecule has 2 aromatic heterocycles. The van der Waals surface area contributed by atoms with Gasteiger partial charge in [-0.2, -0.15) is 0 Å². The van der Waals surface area contributed by atoms with Crippen molar-refractivity contribution >= 4 is 34.2 Å². The van der Waals surface area contributed by atoms with E-state index in [2.05, 4.69) is 15.0 Å². The summed E-state index contributed by atoms with van der Waals surface area (Å²) in [7, 11) is 0. The molecular weight excluding hydrogens is 294 g/mol. The van der Waals surface area contributed by atoms with Gasteiger partial charge >= 0.3 is 5.97 Å². The van der Waals surface area contributed by atoms with Crippen LogP contribution in [0.5, 0.6) is 0 Å². The molecule has 0 radical (unpaired) electrons. The maximum absolute atomic E-state index is 12.6. The number of carboxylic acids is 1. The molecule has 1 aliphatic rings. The molecule has 1 aromatic carbocycles. The van der Waals surface area contributed by atoms with Crippen molar-refractivity contribution in [2.24, 2.45) is 10.9 Å². The average molecular weight is 305 g/mol. The number of nitrogens with zero attached hydrogens (tertiary/aromatic N) is 2. The quantitative estimate of drug-likeness (QED) is 0.711. The molecule has 4 rings (SSSR count). The molecule has 2 N–H and O–H groups in total. The van der Waals surface area contributed by atoms with Gasteiger partial charge in [-0.3, -0.25) is 9.59 Å². The molecule has 0 amide bonds. The lowest BCUT2D eigenvalue weighted by Gasteiger charge is -2.19. The number of nitrogens with one attached hydrogen (secondary N) is 1. The second-order valence-electron chi connectivity index (χ2n) is 5.26. The zero-order valence-electron chi connectivity index (χ0n) is 11.9. The van der Waals surface area contributed by atoms with Gasteiger partial charge in [0.2, 0.25) is 0 Å². The number of carbonyl (C=O) groups excluding carboxylic acids is 1. The number of benzene rings is 1. The summed E-state index contributed by atoms with van der Waals surface area (Å²) in [5, 5.41) is 10.4. The zero-order chi connectivity index (χ0) is 16.0. The fourth-order valence-electron chi connectivity index (χ4n) is 2.86. The minimum absolute atomic E-state index is 0.214. The van der Waals surface area contributed by atoms with E-state index in [9.17, 15) is 14.7 Å². The SMILES string of the molecule is O=C(O)C1C(=O)c2cccnc2N=C1c1c[nH]c2ccccc12. The van der Waals surface area contributed by atoms with Crippen molar-refractivity contribution in [3.8, 4) is 0 Å². The molecule has 3 aromatic rings. The van der Waals surface area contributed by atoms with Crippen molar-refractivity contribution in [1.82, 2.24) is 9.97 Å². The van der Waals surface area contributed by atoms with E-state index in [-0.39, 0.29) is 17.1 Å². The van der Waals surface area contributed by atoms with Crippen molar-refractivity contribution in [2.75, 3.05) is 0 Å². The van der Waals surface area contributed by atoms with Crippen LogP contribution in [-0.4, -0.2) is 32.5 Å². The van der Waals surface area contributed by atoms with Gasteiger partial charge in [0, 0.05) is 28.9 Å². The molecule has 112 valence electrons. The lowest BCUT2D eigenvalue weighted by atomic mass is 9.87. The molecule has 6 nitrogen and oxygen atoms in total. The normalized spacial score (nSPS) is 17.0. The third-order valence-electron chi connectivity index (χ3n) is 3.93. The number of aromatic amines is 1. The second kappa shape index (κ2) is 4.88. The molecule has 1 atom stereocenters. The fourth-order valence-corrected chi connectivity index (χ4v) is 2.86. The number of pyridine rings is 1. The Morgan fingerprint density at radius 2 is 1.96 bits per heavy atom. The first kappa shape index (κ1) is 13.4. The lowest BCUT2D eigenvalue weighted by Crippen LogP contribution is -2.35. The standard InChI is InChI=1S/C17H11N3O3/c21-15-10-5-3-7-18-16(10)20-14(13(15)17(22)23)11-8-19-12-6-2-1-4-9(11)12/h1-8,13,19H,(H,22,23). The van der Waals surface area contributed by atoms with Crippen LogP contribution in [-0.2, 0) is 4.79 Å². The molecule has 0 bridgehead atoms. The highest BCUT2D eigenvalue weighted by atomic mass is 16.4.